The number of pyridine rings is 1. The lowest BCUT2D eigenvalue weighted by Crippen LogP contribution is -2.31. The lowest BCUT2D eigenvalue weighted by molar-refractivity contribution is 0.0926. The van der Waals surface area contributed by atoms with Crippen LogP contribution in [0.4, 0.5) is 9.80 Å². The predicted octanol–water partition coefficient (Wildman–Crippen LogP) is 1.93. The van der Waals surface area contributed by atoms with Gasteiger partial charge in [-0.3, -0.25) is 19.3 Å². The minimum atomic E-state index is -0.840. The van der Waals surface area contributed by atoms with Crippen molar-refractivity contribution in [2.75, 3.05) is 11.9 Å². The van der Waals surface area contributed by atoms with Gasteiger partial charge < -0.3 is 10.1 Å². The molecule has 0 spiro atoms. The monoisotopic (exact) mass is 359 g/mol. The number of ether oxygens (including phenoxy) is 1. The van der Waals surface area contributed by atoms with Crippen LogP contribution in [0, 0.1) is 0 Å². The van der Waals surface area contributed by atoms with E-state index in [9.17, 15) is 14.4 Å². The van der Waals surface area contributed by atoms with Crippen LogP contribution in [0.15, 0.2) is 36.1 Å². The summed E-state index contributed by atoms with van der Waals surface area (Å²) in [6, 6.07) is 4.70. The fourth-order valence-corrected chi connectivity index (χ4v) is 2.83. The van der Waals surface area contributed by atoms with E-state index in [-0.39, 0.29) is 12.2 Å². The van der Waals surface area contributed by atoms with Crippen molar-refractivity contribution in [2.45, 2.75) is 6.92 Å². The van der Waals surface area contributed by atoms with Crippen molar-refractivity contribution in [3.63, 3.8) is 0 Å². The number of amides is 3. The number of nitrogens with zero attached hydrogens (tertiary/aromatic N) is 3. The molecule has 9 nitrogen and oxygen atoms in total. The van der Waals surface area contributed by atoms with Gasteiger partial charge >= 0.3 is 6.09 Å². The Hall–Kier alpha value is -3.27. The first-order valence-corrected chi connectivity index (χ1v) is 8.12. The number of carbonyl (C=O) groups is 3. The SMILES string of the molecule is CCOC(=O)NC(=O)c1ccsc1NC(=O)c1ccn2cnnc2c1. The summed E-state index contributed by atoms with van der Waals surface area (Å²) < 4.78 is 6.33. The number of hydrogen-bond acceptors (Lipinski definition) is 7. The number of thiophene rings is 1. The fraction of sp³-hybridized carbons (Fsp3) is 0.133. The molecule has 0 atom stereocenters. The van der Waals surface area contributed by atoms with Crippen LogP contribution in [-0.4, -0.2) is 39.1 Å². The molecular weight excluding hydrogens is 346 g/mol. The van der Waals surface area contributed by atoms with Gasteiger partial charge in [0.2, 0.25) is 0 Å². The van der Waals surface area contributed by atoms with Crippen LogP contribution >= 0.6 is 11.3 Å². The van der Waals surface area contributed by atoms with Crippen LogP contribution in [0.3, 0.4) is 0 Å². The molecule has 0 aliphatic rings. The van der Waals surface area contributed by atoms with Gasteiger partial charge in [0, 0.05) is 11.8 Å². The number of aromatic nitrogens is 3. The summed E-state index contributed by atoms with van der Waals surface area (Å²) in [6.07, 6.45) is 2.34. The summed E-state index contributed by atoms with van der Waals surface area (Å²) in [5.41, 5.74) is 1.07. The predicted molar refractivity (Wildman–Crippen MR) is 89.7 cm³/mol. The highest BCUT2D eigenvalue weighted by Crippen LogP contribution is 2.24. The normalized spacial score (nSPS) is 10.4. The largest absolute Gasteiger partial charge is 0.450 e. The van der Waals surface area contributed by atoms with Crippen LogP contribution in [-0.2, 0) is 4.74 Å². The second kappa shape index (κ2) is 7.09. The van der Waals surface area contributed by atoms with E-state index in [2.05, 4.69) is 25.6 Å². The summed E-state index contributed by atoms with van der Waals surface area (Å²) >= 11 is 1.17. The highest BCUT2D eigenvalue weighted by Gasteiger charge is 2.18. The highest BCUT2D eigenvalue weighted by molar-refractivity contribution is 7.14. The first kappa shape index (κ1) is 16.6. The van der Waals surface area contributed by atoms with Gasteiger partial charge in [-0.1, -0.05) is 0 Å². The molecule has 0 saturated carbocycles. The van der Waals surface area contributed by atoms with Crippen LogP contribution in [0.2, 0.25) is 0 Å². The minimum Gasteiger partial charge on any atom is -0.450 e. The third kappa shape index (κ3) is 3.63. The van der Waals surface area contributed by atoms with Gasteiger partial charge in [-0.05, 0) is 30.5 Å². The zero-order valence-corrected chi connectivity index (χ0v) is 13.9. The van der Waals surface area contributed by atoms with E-state index < -0.39 is 17.9 Å². The van der Waals surface area contributed by atoms with Crippen molar-refractivity contribution in [3.8, 4) is 0 Å². The smallest absolute Gasteiger partial charge is 0.414 e. The van der Waals surface area contributed by atoms with E-state index in [0.29, 0.717) is 16.2 Å². The van der Waals surface area contributed by atoms with Crippen LogP contribution in [0.1, 0.15) is 27.6 Å². The van der Waals surface area contributed by atoms with Crippen molar-refractivity contribution in [1.82, 2.24) is 19.9 Å². The molecule has 0 unspecified atom stereocenters. The Morgan fingerprint density at radius 3 is 2.92 bits per heavy atom. The number of alkyl carbamates (subject to hydrolysis) is 1. The molecule has 3 aromatic rings. The zero-order valence-electron chi connectivity index (χ0n) is 13.1. The van der Waals surface area contributed by atoms with Crippen molar-refractivity contribution in [3.05, 3.63) is 47.2 Å². The van der Waals surface area contributed by atoms with Gasteiger partial charge in [0.25, 0.3) is 11.8 Å². The second-order valence-corrected chi connectivity index (χ2v) is 5.72. The highest BCUT2D eigenvalue weighted by atomic mass is 32.1. The summed E-state index contributed by atoms with van der Waals surface area (Å²) in [4.78, 5) is 35.8. The number of rotatable bonds is 4. The summed E-state index contributed by atoms with van der Waals surface area (Å²) in [6.45, 7) is 1.78. The molecular formula is C15H13N5O4S. The molecule has 0 aliphatic carbocycles. The van der Waals surface area contributed by atoms with Gasteiger partial charge in [0.1, 0.15) is 11.3 Å². The molecule has 10 heteroatoms. The van der Waals surface area contributed by atoms with Gasteiger partial charge in [-0.2, -0.15) is 0 Å². The minimum absolute atomic E-state index is 0.150. The molecule has 0 fully saturated rings. The lowest BCUT2D eigenvalue weighted by atomic mass is 10.2. The van der Waals surface area contributed by atoms with E-state index in [1.165, 1.54) is 23.7 Å². The molecule has 0 bridgehead atoms. The van der Waals surface area contributed by atoms with Crippen molar-refractivity contribution in [2.24, 2.45) is 0 Å². The number of imide groups is 1. The Balaban J connectivity index is 1.74. The molecule has 128 valence electrons. The molecule has 0 aromatic carbocycles. The third-order valence-electron chi connectivity index (χ3n) is 3.19. The molecule has 3 amide bonds. The lowest BCUT2D eigenvalue weighted by Gasteiger charge is -2.07. The first-order valence-electron chi connectivity index (χ1n) is 7.25. The van der Waals surface area contributed by atoms with Gasteiger partial charge in [0.15, 0.2) is 5.65 Å². The molecule has 0 saturated heterocycles. The Bertz CT molecular complexity index is 948. The number of anilines is 1. The van der Waals surface area contributed by atoms with Crippen molar-refractivity contribution < 1.29 is 19.1 Å². The van der Waals surface area contributed by atoms with E-state index in [1.54, 1.807) is 35.0 Å². The molecule has 3 heterocycles. The van der Waals surface area contributed by atoms with E-state index >= 15 is 0 Å². The van der Waals surface area contributed by atoms with E-state index in [1.807, 2.05) is 0 Å². The number of carbonyl (C=O) groups excluding carboxylic acids is 3. The number of hydrogen-bond donors (Lipinski definition) is 2. The Kier molecular flexibility index (Phi) is 4.70. The molecule has 0 aliphatic heterocycles. The van der Waals surface area contributed by atoms with Crippen LogP contribution < -0.4 is 10.6 Å². The number of nitrogens with one attached hydrogen (secondary N) is 2. The fourth-order valence-electron chi connectivity index (χ4n) is 2.05. The molecule has 25 heavy (non-hydrogen) atoms. The van der Waals surface area contributed by atoms with E-state index in [0.717, 1.165) is 0 Å². The first-order chi connectivity index (χ1) is 12.1. The maximum Gasteiger partial charge on any atom is 0.414 e. The Morgan fingerprint density at radius 2 is 2.12 bits per heavy atom. The van der Waals surface area contributed by atoms with Crippen molar-refractivity contribution >= 4 is 39.9 Å². The topological polar surface area (TPSA) is 115 Å². The molecule has 2 N–H and O–H groups in total. The number of fused-ring (bicyclic) bond motifs is 1. The third-order valence-corrected chi connectivity index (χ3v) is 4.02. The van der Waals surface area contributed by atoms with Crippen LogP contribution in [0.5, 0.6) is 0 Å². The van der Waals surface area contributed by atoms with Gasteiger partial charge in [0.05, 0.1) is 12.2 Å². The average molecular weight is 359 g/mol. The van der Waals surface area contributed by atoms with Crippen LogP contribution in [0.25, 0.3) is 5.65 Å². The average Bonchev–Trinajstić information content (AvgIpc) is 3.22. The summed E-state index contributed by atoms with van der Waals surface area (Å²) in [5, 5.41) is 14.3. The maximum atomic E-state index is 12.4. The van der Waals surface area contributed by atoms with E-state index in [4.69, 9.17) is 0 Å². The molecule has 3 rings (SSSR count). The zero-order chi connectivity index (χ0) is 17.8. The molecule has 3 aromatic heterocycles. The van der Waals surface area contributed by atoms with Crippen molar-refractivity contribution in [1.29, 1.82) is 0 Å². The maximum absolute atomic E-state index is 12.4. The summed E-state index contributed by atoms with van der Waals surface area (Å²) in [5.74, 6) is -1.05. The quantitative estimate of drug-likeness (QED) is 0.735. The second-order valence-electron chi connectivity index (χ2n) is 4.80. The Labute approximate surface area is 145 Å². The standard InChI is InChI=1S/C15H13N5O4S/c1-2-24-15(23)18-13(22)10-4-6-25-14(10)17-12(21)9-3-5-20-8-16-19-11(20)7-9/h3-8H,2H2,1H3,(H,17,21)(H,18,22,23). The van der Waals surface area contributed by atoms with Gasteiger partial charge in [-0.15, -0.1) is 21.5 Å². The molecule has 0 radical (unpaired) electrons. The van der Waals surface area contributed by atoms with Gasteiger partial charge in [-0.25, -0.2) is 4.79 Å². The Morgan fingerprint density at radius 1 is 1.28 bits per heavy atom. The summed E-state index contributed by atoms with van der Waals surface area (Å²) in [7, 11) is 0.